The van der Waals surface area contributed by atoms with Gasteiger partial charge in [0.25, 0.3) is 20.2 Å². The van der Waals surface area contributed by atoms with E-state index >= 15 is 0 Å². The molecule has 0 amide bonds. The molecule has 1 aliphatic carbocycles. The summed E-state index contributed by atoms with van der Waals surface area (Å²) >= 11 is 1.33. The third kappa shape index (κ3) is 9.19. The molecule has 0 saturated carbocycles. The summed E-state index contributed by atoms with van der Waals surface area (Å²) in [6.07, 6.45) is 7.94. The molecule has 0 aromatic heterocycles. The predicted octanol–water partition coefficient (Wildman–Crippen LogP) is 7.64. The Bertz CT molecular complexity index is 2210. The van der Waals surface area contributed by atoms with E-state index in [2.05, 4.69) is 40.7 Å². The van der Waals surface area contributed by atoms with E-state index in [-0.39, 0.29) is 9.79 Å². The van der Waals surface area contributed by atoms with E-state index in [9.17, 15) is 16.8 Å². The van der Waals surface area contributed by atoms with Gasteiger partial charge in [-0.2, -0.15) is 16.8 Å². The van der Waals surface area contributed by atoms with E-state index in [1.54, 1.807) is 37.4 Å². The fourth-order valence-corrected chi connectivity index (χ4v) is 8.03. The number of anilines is 1. The van der Waals surface area contributed by atoms with E-state index < -0.39 is 20.2 Å². The lowest BCUT2D eigenvalue weighted by molar-refractivity contribution is -0.539. The number of nitrogens with zero attached hydrogens (tertiary/aromatic N) is 2. The van der Waals surface area contributed by atoms with Crippen LogP contribution in [0.1, 0.15) is 36.1 Å². The van der Waals surface area contributed by atoms with Crippen LogP contribution in [0, 0.1) is 0 Å². The van der Waals surface area contributed by atoms with Gasteiger partial charge in [-0.1, -0.05) is 54.6 Å². The zero-order valence-corrected chi connectivity index (χ0v) is 32.3. The summed E-state index contributed by atoms with van der Waals surface area (Å²) in [6.45, 7) is 6.80. The second-order valence-corrected chi connectivity index (χ2v) is 16.1. The molecule has 12 heteroatoms. The fourth-order valence-electron chi connectivity index (χ4n) is 5.99. The first-order valence-corrected chi connectivity index (χ1v) is 20.3. The van der Waals surface area contributed by atoms with E-state index in [0.717, 1.165) is 58.8 Å². The molecule has 0 heterocycles. The van der Waals surface area contributed by atoms with Crippen LogP contribution in [0.25, 0.3) is 5.57 Å². The Morgan fingerprint density at radius 2 is 1.40 bits per heavy atom. The number of rotatable bonds is 15. The van der Waals surface area contributed by atoms with Gasteiger partial charge in [0.15, 0.2) is 12.3 Å². The molecule has 0 atom stereocenters. The highest BCUT2D eigenvalue weighted by atomic mass is 32.2. The Balaban J connectivity index is 1.53. The van der Waals surface area contributed by atoms with Gasteiger partial charge in [0.1, 0.15) is 11.4 Å². The van der Waals surface area contributed by atoms with Crippen molar-refractivity contribution in [3.8, 4) is 0 Å². The third-order valence-corrected chi connectivity index (χ3v) is 11.9. The van der Waals surface area contributed by atoms with Crippen molar-refractivity contribution >= 4 is 49.3 Å². The van der Waals surface area contributed by atoms with Crippen LogP contribution >= 0.6 is 12.0 Å². The molecule has 52 heavy (non-hydrogen) atoms. The molecule has 0 spiro atoms. The molecule has 0 saturated heterocycles. The van der Waals surface area contributed by atoms with Crippen LogP contribution in [0.3, 0.4) is 0 Å². The molecule has 0 aliphatic heterocycles. The second-order valence-electron chi connectivity index (χ2n) is 11.8. The smallest absolute Gasteiger partial charge is 0.297 e. The van der Waals surface area contributed by atoms with Crippen LogP contribution in [0.5, 0.6) is 0 Å². The molecule has 9 nitrogen and oxygen atoms in total. The van der Waals surface area contributed by atoms with Gasteiger partial charge in [0.05, 0.1) is 26.2 Å². The summed E-state index contributed by atoms with van der Waals surface area (Å²) in [6, 6.07) is 30.0. The van der Waals surface area contributed by atoms with Gasteiger partial charge in [-0.05, 0) is 90.7 Å². The maximum atomic E-state index is 13.2. The first-order chi connectivity index (χ1) is 25.0. The zero-order chi connectivity index (χ0) is 37.3. The average molecular weight is 760 g/mol. The molecule has 1 aliphatic rings. The molecule has 0 bridgehead atoms. The predicted molar refractivity (Wildman–Crippen MR) is 208 cm³/mol. The molecule has 5 rings (SSSR count). The zero-order valence-electron chi connectivity index (χ0n) is 29.9. The number of benzene rings is 4. The molecular weight excluding hydrogens is 717 g/mol. The maximum Gasteiger partial charge on any atom is 0.297 e. The molecular formula is C40H43N2O7S3+. The number of allylic oxidation sites excluding steroid dienone is 5. The highest BCUT2D eigenvalue weighted by Gasteiger charge is 2.24. The average Bonchev–Trinajstić information content (AvgIpc) is 3.18. The Hall–Kier alpha value is -4.30. The molecule has 4 aromatic rings. The van der Waals surface area contributed by atoms with Crippen molar-refractivity contribution in [1.29, 1.82) is 0 Å². The normalized spacial score (nSPS) is 13.0. The van der Waals surface area contributed by atoms with E-state index in [4.69, 9.17) is 12.5 Å². The summed E-state index contributed by atoms with van der Waals surface area (Å²) in [5, 5.41) is 0. The first-order valence-electron chi connectivity index (χ1n) is 16.7. The van der Waals surface area contributed by atoms with Gasteiger partial charge >= 0.3 is 0 Å². The number of hydrogen-bond acceptors (Lipinski definition) is 9. The summed E-state index contributed by atoms with van der Waals surface area (Å²) in [5.41, 5.74) is 6.88. The highest BCUT2D eigenvalue weighted by Crippen LogP contribution is 2.35. The van der Waals surface area contributed by atoms with E-state index in [0.29, 0.717) is 18.7 Å². The van der Waals surface area contributed by atoms with Crippen molar-refractivity contribution in [2.24, 2.45) is 0 Å². The first kappa shape index (κ1) is 38.9. The minimum Gasteiger partial charge on any atom is -0.367 e. The van der Waals surface area contributed by atoms with Crippen LogP contribution in [0.2, 0.25) is 0 Å². The summed E-state index contributed by atoms with van der Waals surface area (Å²) in [5.74, 6) is 0. The molecule has 0 fully saturated rings. The van der Waals surface area contributed by atoms with Crippen LogP contribution in [0.15, 0.2) is 142 Å². The van der Waals surface area contributed by atoms with E-state index in [1.807, 2.05) is 67.6 Å². The van der Waals surface area contributed by atoms with Gasteiger partial charge < -0.3 is 9.08 Å². The Kier molecular flexibility index (Phi) is 13.1. The summed E-state index contributed by atoms with van der Waals surface area (Å²) in [7, 11) is -3.89. The number of hydrogen-bond donors (Lipinski definition) is 0. The Morgan fingerprint density at radius 3 is 2.02 bits per heavy atom. The molecule has 4 aromatic carbocycles. The lowest BCUT2D eigenvalue weighted by atomic mass is 9.90. The maximum absolute atomic E-state index is 13.2. The van der Waals surface area contributed by atoms with Gasteiger partial charge in [-0.15, -0.1) is 0 Å². The Morgan fingerprint density at radius 1 is 0.731 bits per heavy atom. The summed E-state index contributed by atoms with van der Waals surface area (Å²) in [4.78, 5) is 3.50. The quantitative estimate of drug-likeness (QED) is 0.0688. The second kappa shape index (κ2) is 17.5. The molecule has 0 unspecified atom stereocenters. The fraction of sp³-hybridized carbons (Fsp3) is 0.225. The standard InChI is InChI=1S/C40H43N2O7S3/c1-6-41(28-30-15-25-36(26-16-30)50-47-3)34-21-17-32(18-22-34)40(38-13-8-9-14-39(38)52(45,46)49-5)33-19-23-35(24-20-33)42(7-2)29-31-11-10-12-37(27-31)51(43,44)48-4/h8-27H,6-7,28-29H2,1-5H3/q+1. The lowest BCUT2D eigenvalue weighted by Crippen LogP contribution is -2.21. The van der Waals surface area contributed by atoms with Crippen LogP contribution < -0.4 is 4.90 Å². The largest absolute Gasteiger partial charge is 0.367 e. The van der Waals surface area contributed by atoms with Crippen molar-refractivity contribution in [2.75, 3.05) is 39.3 Å². The lowest BCUT2D eigenvalue weighted by Gasteiger charge is -2.24. The van der Waals surface area contributed by atoms with Gasteiger partial charge in [-0.3, -0.25) is 8.37 Å². The topological polar surface area (TPSA) is 102 Å². The van der Waals surface area contributed by atoms with Crippen molar-refractivity contribution in [3.05, 3.63) is 149 Å². The van der Waals surface area contributed by atoms with Crippen molar-refractivity contribution in [3.63, 3.8) is 0 Å². The SMILES string of the molecule is CCN(Cc1ccc(SOC)cc1)c1ccc(C(=C2C=CC(=[N+](CC)Cc3cccc(S(=O)(=O)OC)c3)C=C2)c2ccccc2S(=O)(=O)OC)cc1. The molecule has 272 valence electrons. The molecule has 0 N–H and O–H groups in total. The molecule has 0 radical (unpaired) electrons. The van der Waals surface area contributed by atoms with Crippen LogP contribution in [-0.4, -0.2) is 61.5 Å². The highest BCUT2D eigenvalue weighted by molar-refractivity contribution is 7.94. The van der Waals surface area contributed by atoms with Gasteiger partial charge in [0, 0.05) is 59.0 Å². The monoisotopic (exact) mass is 759 g/mol. The van der Waals surface area contributed by atoms with Crippen LogP contribution in [-0.2, 0) is 45.9 Å². The Labute approximate surface area is 312 Å². The summed E-state index contributed by atoms with van der Waals surface area (Å²) < 4.78 is 67.9. The van der Waals surface area contributed by atoms with Gasteiger partial charge in [-0.25, -0.2) is 4.58 Å². The van der Waals surface area contributed by atoms with Gasteiger partial charge in [0.2, 0.25) is 0 Å². The van der Waals surface area contributed by atoms with Crippen molar-refractivity contribution < 1.29 is 34.0 Å². The minimum absolute atomic E-state index is 0.0759. The third-order valence-electron chi connectivity index (χ3n) is 8.71. The van der Waals surface area contributed by atoms with Crippen molar-refractivity contribution in [1.82, 2.24) is 0 Å². The van der Waals surface area contributed by atoms with E-state index in [1.165, 1.54) is 30.8 Å². The van der Waals surface area contributed by atoms with Crippen molar-refractivity contribution in [2.45, 2.75) is 41.6 Å². The minimum atomic E-state index is -4.03. The van der Waals surface area contributed by atoms with Crippen LogP contribution in [0.4, 0.5) is 5.69 Å².